The summed E-state index contributed by atoms with van der Waals surface area (Å²) in [6.07, 6.45) is 0. The molecule has 0 aliphatic carbocycles. The van der Waals surface area contributed by atoms with E-state index in [1.165, 1.54) is 0 Å². The second-order valence-corrected chi connectivity index (χ2v) is 4.37. The number of amides is 1. The average Bonchev–Trinajstić information content (AvgIpc) is 2.74. The molecule has 1 heterocycles. The Labute approximate surface area is 116 Å². The number of carbonyl (C=O) groups excluding carboxylic acids is 1. The summed E-state index contributed by atoms with van der Waals surface area (Å²) in [6, 6.07) is 5.19. The molecule has 20 heavy (non-hydrogen) atoms. The van der Waals surface area contributed by atoms with Gasteiger partial charge in [0, 0.05) is 18.7 Å². The van der Waals surface area contributed by atoms with Gasteiger partial charge in [0.2, 0.25) is 0 Å². The predicted molar refractivity (Wildman–Crippen MR) is 77.1 cm³/mol. The van der Waals surface area contributed by atoms with Crippen LogP contribution >= 0.6 is 0 Å². The average molecular weight is 277 g/mol. The summed E-state index contributed by atoms with van der Waals surface area (Å²) in [7, 11) is 0. The normalized spacial score (nSPS) is 10.9. The molecule has 0 radical (unpaired) electrons. The third kappa shape index (κ3) is 2.91. The highest BCUT2D eigenvalue weighted by Gasteiger charge is 2.10. The Morgan fingerprint density at radius 3 is 2.90 bits per heavy atom. The van der Waals surface area contributed by atoms with E-state index in [4.69, 9.17) is 4.74 Å². The van der Waals surface area contributed by atoms with Crippen LogP contribution in [0.4, 0.5) is 0 Å². The topological polar surface area (TPSA) is 76.1 Å². The number of aromatic nitrogens is 2. The molecule has 2 aromatic rings. The molecule has 0 aliphatic heterocycles. The SMILES string of the molecule is CCNC(=O)c1ccc2c(c1)[nH]c(=O)n2CCOCC. The van der Waals surface area contributed by atoms with Gasteiger partial charge in [-0.15, -0.1) is 0 Å². The van der Waals surface area contributed by atoms with Crippen molar-refractivity contribution in [1.29, 1.82) is 0 Å². The lowest BCUT2D eigenvalue weighted by molar-refractivity contribution is 0.0956. The van der Waals surface area contributed by atoms with Crippen molar-refractivity contribution in [3.63, 3.8) is 0 Å². The molecule has 0 saturated carbocycles. The fourth-order valence-electron chi connectivity index (χ4n) is 2.09. The largest absolute Gasteiger partial charge is 0.380 e. The predicted octanol–water partition coefficient (Wildman–Crippen LogP) is 1.12. The number of H-pyrrole nitrogens is 1. The van der Waals surface area contributed by atoms with Crippen LogP contribution in [0.15, 0.2) is 23.0 Å². The number of hydrogen-bond donors (Lipinski definition) is 2. The lowest BCUT2D eigenvalue weighted by atomic mass is 10.2. The van der Waals surface area contributed by atoms with Gasteiger partial charge in [-0.1, -0.05) is 0 Å². The van der Waals surface area contributed by atoms with Crippen molar-refractivity contribution in [3.05, 3.63) is 34.2 Å². The standard InChI is InChI=1S/C14H19N3O3/c1-3-15-13(18)10-5-6-12-11(9-10)16-14(19)17(12)7-8-20-4-2/h5-6,9H,3-4,7-8H2,1-2H3,(H,15,18)(H,16,19). The Morgan fingerprint density at radius 1 is 1.40 bits per heavy atom. The maximum Gasteiger partial charge on any atom is 0.326 e. The van der Waals surface area contributed by atoms with Gasteiger partial charge in [0.25, 0.3) is 5.91 Å². The van der Waals surface area contributed by atoms with Crippen molar-refractivity contribution in [2.45, 2.75) is 20.4 Å². The highest BCUT2D eigenvalue weighted by Crippen LogP contribution is 2.13. The van der Waals surface area contributed by atoms with Gasteiger partial charge in [0.05, 0.1) is 24.2 Å². The van der Waals surface area contributed by atoms with E-state index < -0.39 is 0 Å². The molecule has 0 spiro atoms. The number of ether oxygens (including phenoxy) is 1. The number of hydrogen-bond acceptors (Lipinski definition) is 3. The van der Waals surface area contributed by atoms with Crippen LogP contribution in [0.5, 0.6) is 0 Å². The number of nitrogens with one attached hydrogen (secondary N) is 2. The Kier molecular flexibility index (Phi) is 4.57. The third-order valence-corrected chi connectivity index (χ3v) is 3.04. The van der Waals surface area contributed by atoms with Crippen LogP contribution in [0.3, 0.4) is 0 Å². The van der Waals surface area contributed by atoms with Crippen LogP contribution in [0.25, 0.3) is 11.0 Å². The molecule has 2 rings (SSSR count). The van der Waals surface area contributed by atoms with E-state index in [0.717, 1.165) is 5.52 Å². The maximum absolute atomic E-state index is 11.9. The van der Waals surface area contributed by atoms with Crippen LogP contribution in [0.1, 0.15) is 24.2 Å². The first-order chi connectivity index (χ1) is 9.67. The zero-order valence-electron chi connectivity index (χ0n) is 11.7. The molecule has 0 fully saturated rings. The third-order valence-electron chi connectivity index (χ3n) is 3.04. The molecular formula is C14H19N3O3. The van der Waals surface area contributed by atoms with Gasteiger partial charge < -0.3 is 15.0 Å². The minimum absolute atomic E-state index is 0.141. The lowest BCUT2D eigenvalue weighted by Gasteiger charge is -2.05. The number of fused-ring (bicyclic) bond motifs is 1. The molecule has 1 aromatic carbocycles. The number of carbonyl (C=O) groups is 1. The van der Waals surface area contributed by atoms with Crippen molar-refractivity contribution in [1.82, 2.24) is 14.9 Å². The van der Waals surface area contributed by atoms with Gasteiger partial charge in [-0.25, -0.2) is 4.79 Å². The van der Waals surface area contributed by atoms with E-state index in [2.05, 4.69) is 10.3 Å². The fourth-order valence-corrected chi connectivity index (χ4v) is 2.09. The summed E-state index contributed by atoms with van der Waals surface area (Å²) in [5.74, 6) is -0.141. The van der Waals surface area contributed by atoms with Crippen LogP contribution < -0.4 is 11.0 Å². The first-order valence-electron chi connectivity index (χ1n) is 6.75. The molecule has 6 heteroatoms. The zero-order chi connectivity index (χ0) is 14.5. The molecule has 1 amide bonds. The van der Waals surface area contributed by atoms with Crippen molar-refractivity contribution in [2.75, 3.05) is 19.8 Å². The van der Waals surface area contributed by atoms with Crippen LogP contribution in [0, 0.1) is 0 Å². The summed E-state index contributed by atoms with van der Waals surface area (Å²) < 4.78 is 6.88. The van der Waals surface area contributed by atoms with Gasteiger partial charge >= 0.3 is 5.69 Å². The molecule has 1 aromatic heterocycles. The van der Waals surface area contributed by atoms with E-state index in [1.54, 1.807) is 22.8 Å². The molecule has 6 nitrogen and oxygen atoms in total. The highest BCUT2D eigenvalue weighted by atomic mass is 16.5. The van der Waals surface area contributed by atoms with Gasteiger partial charge in [0.1, 0.15) is 0 Å². The second kappa shape index (κ2) is 6.38. The monoisotopic (exact) mass is 277 g/mol. The van der Waals surface area contributed by atoms with E-state index in [9.17, 15) is 9.59 Å². The summed E-state index contributed by atoms with van der Waals surface area (Å²) >= 11 is 0. The van der Waals surface area contributed by atoms with Gasteiger partial charge in [-0.3, -0.25) is 9.36 Å². The number of aromatic amines is 1. The van der Waals surface area contributed by atoms with Crippen LogP contribution in [-0.4, -0.2) is 35.2 Å². The molecule has 0 bridgehead atoms. The number of rotatable bonds is 6. The van der Waals surface area contributed by atoms with E-state index >= 15 is 0 Å². The van der Waals surface area contributed by atoms with Gasteiger partial charge in [0.15, 0.2) is 0 Å². The molecule has 0 atom stereocenters. The molecule has 2 N–H and O–H groups in total. The van der Waals surface area contributed by atoms with Gasteiger partial charge in [-0.05, 0) is 32.0 Å². The molecule has 0 unspecified atom stereocenters. The summed E-state index contributed by atoms with van der Waals surface area (Å²) in [6.45, 7) is 5.95. The Balaban J connectivity index is 2.31. The van der Waals surface area contributed by atoms with E-state index in [0.29, 0.717) is 37.4 Å². The smallest absolute Gasteiger partial charge is 0.326 e. The lowest BCUT2D eigenvalue weighted by Crippen LogP contribution is -2.22. The van der Waals surface area contributed by atoms with Crippen LogP contribution in [-0.2, 0) is 11.3 Å². The molecule has 0 saturated heterocycles. The minimum Gasteiger partial charge on any atom is -0.380 e. The van der Waals surface area contributed by atoms with Crippen molar-refractivity contribution in [2.24, 2.45) is 0 Å². The minimum atomic E-state index is -0.187. The van der Waals surface area contributed by atoms with E-state index in [1.807, 2.05) is 13.8 Å². The Bertz CT molecular complexity index is 657. The quantitative estimate of drug-likeness (QED) is 0.777. The summed E-state index contributed by atoms with van der Waals surface area (Å²) in [4.78, 5) is 26.4. The molecule has 0 aliphatic rings. The van der Waals surface area contributed by atoms with Crippen molar-refractivity contribution < 1.29 is 9.53 Å². The Hall–Kier alpha value is -2.08. The fraction of sp³-hybridized carbons (Fsp3) is 0.429. The maximum atomic E-state index is 11.9. The van der Waals surface area contributed by atoms with Gasteiger partial charge in [-0.2, -0.15) is 0 Å². The zero-order valence-corrected chi connectivity index (χ0v) is 11.7. The number of benzene rings is 1. The Morgan fingerprint density at radius 2 is 2.20 bits per heavy atom. The molecular weight excluding hydrogens is 258 g/mol. The molecule has 108 valence electrons. The highest BCUT2D eigenvalue weighted by molar-refractivity contribution is 5.97. The van der Waals surface area contributed by atoms with E-state index in [-0.39, 0.29) is 11.6 Å². The first-order valence-corrected chi connectivity index (χ1v) is 6.75. The van der Waals surface area contributed by atoms with Crippen molar-refractivity contribution >= 4 is 16.9 Å². The van der Waals surface area contributed by atoms with Crippen LogP contribution in [0.2, 0.25) is 0 Å². The summed E-state index contributed by atoms with van der Waals surface area (Å²) in [5, 5.41) is 2.73. The first kappa shape index (κ1) is 14.3. The summed E-state index contributed by atoms with van der Waals surface area (Å²) in [5.41, 5.74) is 1.79. The van der Waals surface area contributed by atoms with Crippen molar-refractivity contribution in [3.8, 4) is 0 Å². The second-order valence-electron chi connectivity index (χ2n) is 4.37. The number of imidazole rings is 1. The number of nitrogens with zero attached hydrogens (tertiary/aromatic N) is 1.